The number of rotatable bonds is 4. The topological polar surface area (TPSA) is 56.3 Å². The third-order valence-electron chi connectivity index (χ3n) is 1.66. The van der Waals surface area contributed by atoms with E-state index in [1.165, 1.54) is 6.20 Å². The molecule has 0 atom stereocenters. The maximum atomic E-state index is 11.5. The molecule has 0 unspecified atom stereocenters. The molecule has 1 rings (SSSR count). The van der Waals surface area contributed by atoms with Crippen molar-refractivity contribution in [1.29, 1.82) is 0 Å². The Labute approximate surface area is 88.3 Å². The molecule has 0 aliphatic carbocycles. The molecule has 4 heteroatoms. The predicted octanol–water partition coefficient (Wildman–Crippen LogP) is 1.61. The largest absolute Gasteiger partial charge is 0.463 e. The van der Waals surface area contributed by atoms with Crippen LogP contribution in [0.15, 0.2) is 24.5 Å². The minimum absolute atomic E-state index is 0.195. The zero-order valence-electron chi connectivity index (χ0n) is 8.77. The van der Waals surface area contributed by atoms with Crippen molar-refractivity contribution >= 4 is 11.8 Å². The lowest BCUT2D eigenvalue weighted by atomic mass is 10.1. The van der Waals surface area contributed by atoms with Crippen molar-refractivity contribution in [3.05, 3.63) is 30.1 Å². The molecule has 1 aromatic rings. The second-order valence-corrected chi connectivity index (χ2v) is 3.38. The molecule has 1 heterocycles. The molecule has 0 saturated heterocycles. The third kappa shape index (κ3) is 3.89. The van der Waals surface area contributed by atoms with E-state index in [1.54, 1.807) is 32.2 Å². The van der Waals surface area contributed by atoms with Crippen LogP contribution in [-0.2, 0) is 9.53 Å². The second-order valence-electron chi connectivity index (χ2n) is 3.38. The summed E-state index contributed by atoms with van der Waals surface area (Å²) in [5.41, 5.74) is 0.429. The summed E-state index contributed by atoms with van der Waals surface area (Å²) in [4.78, 5) is 26.5. The lowest BCUT2D eigenvalue weighted by Crippen LogP contribution is -2.15. The first-order valence-electron chi connectivity index (χ1n) is 4.72. The molecule has 0 aliphatic rings. The van der Waals surface area contributed by atoms with E-state index in [1.807, 2.05) is 0 Å². The molecule has 0 aromatic carbocycles. The van der Waals surface area contributed by atoms with Crippen molar-refractivity contribution in [2.45, 2.75) is 26.4 Å². The van der Waals surface area contributed by atoms with Gasteiger partial charge in [0.15, 0.2) is 5.78 Å². The fourth-order valence-electron chi connectivity index (χ4n) is 1.07. The fourth-order valence-corrected chi connectivity index (χ4v) is 1.07. The van der Waals surface area contributed by atoms with Crippen LogP contribution in [0.1, 0.15) is 30.6 Å². The fraction of sp³-hybridized carbons (Fsp3) is 0.364. The Bertz CT molecular complexity index is 346. The van der Waals surface area contributed by atoms with Crippen LogP contribution < -0.4 is 0 Å². The van der Waals surface area contributed by atoms with E-state index in [4.69, 9.17) is 4.74 Å². The number of carbonyl (C=O) groups is 2. The van der Waals surface area contributed by atoms with E-state index in [-0.39, 0.29) is 18.3 Å². The normalized spacial score (nSPS) is 10.1. The number of esters is 1. The van der Waals surface area contributed by atoms with E-state index < -0.39 is 5.97 Å². The lowest BCUT2D eigenvalue weighted by molar-refractivity contribution is -0.146. The van der Waals surface area contributed by atoms with Gasteiger partial charge in [-0.15, -0.1) is 0 Å². The van der Waals surface area contributed by atoms with Gasteiger partial charge < -0.3 is 4.74 Å². The van der Waals surface area contributed by atoms with Gasteiger partial charge in [-0.1, -0.05) is 0 Å². The molecule has 0 fully saturated rings. The van der Waals surface area contributed by atoms with Crippen LogP contribution in [-0.4, -0.2) is 22.8 Å². The molecule has 0 amide bonds. The summed E-state index contributed by atoms with van der Waals surface area (Å²) in [6.07, 6.45) is 2.58. The van der Waals surface area contributed by atoms with Crippen LogP contribution in [0, 0.1) is 0 Å². The van der Waals surface area contributed by atoms with Crippen LogP contribution in [0.4, 0.5) is 0 Å². The van der Waals surface area contributed by atoms with Crippen molar-refractivity contribution in [3.8, 4) is 0 Å². The van der Waals surface area contributed by atoms with Gasteiger partial charge in [-0.05, 0) is 26.0 Å². The molecule has 0 saturated carbocycles. The summed E-state index contributed by atoms with van der Waals surface area (Å²) in [6, 6.07) is 3.28. The predicted molar refractivity (Wildman–Crippen MR) is 54.4 cm³/mol. The summed E-state index contributed by atoms with van der Waals surface area (Å²) >= 11 is 0. The van der Waals surface area contributed by atoms with Crippen LogP contribution in [0.3, 0.4) is 0 Å². The number of ketones is 1. The van der Waals surface area contributed by atoms with Gasteiger partial charge in [0, 0.05) is 18.0 Å². The standard InChI is InChI=1S/C11H13NO3/c1-8(2)15-11(14)6-10(13)9-4-3-5-12-7-9/h3-5,7-8H,6H2,1-2H3. The van der Waals surface area contributed by atoms with Crippen LogP contribution in [0.5, 0.6) is 0 Å². The lowest BCUT2D eigenvalue weighted by Gasteiger charge is -2.06. The number of pyridine rings is 1. The summed E-state index contributed by atoms with van der Waals surface area (Å²) in [5, 5.41) is 0. The van der Waals surface area contributed by atoms with Crippen molar-refractivity contribution in [2.24, 2.45) is 0 Å². The Morgan fingerprint density at radius 1 is 1.47 bits per heavy atom. The molecular formula is C11H13NO3. The molecule has 0 bridgehead atoms. The molecule has 80 valence electrons. The highest BCUT2D eigenvalue weighted by molar-refractivity contribution is 6.05. The molecule has 1 aromatic heterocycles. The summed E-state index contributed by atoms with van der Waals surface area (Å²) in [5.74, 6) is -0.771. The Balaban J connectivity index is 2.53. The van der Waals surface area contributed by atoms with Gasteiger partial charge in [-0.25, -0.2) is 0 Å². The number of Topliss-reactive ketones (excluding diaryl/α,β-unsaturated/α-hetero) is 1. The van der Waals surface area contributed by atoms with Gasteiger partial charge in [0.05, 0.1) is 6.10 Å². The van der Waals surface area contributed by atoms with Crippen molar-refractivity contribution in [3.63, 3.8) is 0 Å². The summed E-state index contributed by atoms with van der Waals surface area (Å²) in [6.45, 7) is 3.49. The first-order chi connectivity index (χ1) is 7.09. The highest BCUT2D eigenvalue weighted by Crippen LogP contribution is 2.03. The molecule has 0 radical (unpaired) electrons. The Morgan fingerprint density at radius 2 is 2.20 bits per heavy atom. The highest BCUT2D eigenvalue weighted by Gasteiger charge is 2.13. The average molecular weight is 207 g/mol. The number of ether oxygens (including phenoxy) is 1. The van der Waals surface area contributed by atoms with Crippen LogP contribution in [0.2, 0.25) is 0 Å². The van der Waals surface area contributed by atoms with E-state index in [2.05, 4.69) is 4.98 Å². The number of nitrogens with zero attached hydrogens (tertiary/aromatic N) is 1. The van der Waals surface area contributed by atoms with Crippen molar-refractivity contribution in [2.75, 3.05) is 0 Å². The maximum absolute atomic E-state index is 11.5. The van der Waals surface area contributed by atoms with Crippen LogP contribution >= 0.6 is 0 Å². The van der Waals surface area contributed by atoms with Crippen molar-refractivity contribution < 1.29 is 14.3 Å². The zero-order valence-corrected chi connectivity index (χ0v) is 8.77. The van der Waals surface area contributed by atoms with E-state index in [9.17, 15) is 9.59 Å². The van der Waals surface area contributed by atoms with Crippen LogP contribution in [0.25, 0.3) is 0 Å². The minimum atomic E-state index is -0.501. The van der Waals surface area contributed by atoms with Gasteiger partial charge in [0.1, 0.15) is 6.42 Å². The zero-order chi connectivity index (χ0) is 11.3. The molecule has 0 N–H and O–H groups in total. The number of aromatic nitrogens is 1. The summed E-state index contributed by atoms with van der Waals surface area (Å²) < 4.78 is 4.86. The van der Waals surface area contributed by atoms with E-state index in [0.29, 0.717) is 5.56 Å². The monoisotopic (exact) mass is 207 g/mol. The van der Waals surface area contributed by atoms with Gasteiger partial charge >= 0.3 is 5.97 Å². The minimum Gasteiger partial charge on any atom is -0.463 e. The van der Waals surface area contributed by atoms with Gasteiger partial charge in [-0.2, -0.15) is 0 Å². The molecule has 0 spiro atoms. The van der Waals surface area contributed by atoms with Gasteiger partial charge in [0.25, 0.3) is 0 Å². The molecule has 4 nitrogen and oxygen atoms in total. The maximum Gasteiger partial charge on any atom is 0.313 e. The molecule has 15 heavy (non-hydrogen) atoms. The Morgan fingerprint density at radius 3 is 2.73 bits per heavy atom. The van der Waals surface area contributed by atoms with Gasteiger partial charge in [-0.3, -0.25) is 14.6 Å². The second kappa shape index (κ2) is 5.24. The smallest absolute Gasteiger partial charge is 0.313 e. The first-order valence-corrected chi connectivity index (χ1v) is 4.72. The number of carbonyl (C=O) groups excluding carboxylic acids is 2. The molecular weight excluding hydrogens is 194 g/mol. The summed E-state index contributed by atoms with van der Waals surface area (Å²) in [7, 11) is 0. The highest BCUT2D eigenvalue weighted by atomic mass is 16.5. The third-order valence-corrected chi connectivity index (χ3v) is 1.66. The quantitative estimate of drug-likeness (QED) is 0.427. The number of hydrogen-bond donors (Lipinski definition) is 0. The average Bonchev–Trinajstić information content (AvgIpc) is 2.17. The first kappa shape index (κ1) is 11.4. The Hall–Kier alpha value is -1.71. The van der Waals surface area contributed by atoms with Gasteiger partial charge in [0.2, 0.25) is 0 Å². The SMILES string of the molecule is CC(C)OC(=O)CC(=O)c1cccnc1. The Kier molecular flexibility index (Phi) is 3.97. The van der Waals surface area contributed by atoms with E-state index in [0.717, 1.165) is 0 Å². The van der Waals surface area contributed by atoms with E-state index >= 15 is 0 Å². The molecule has 0 aliphatic heterocycles. The van der Waals surface area contributed by atoms with Crippen molar-refractivity contribution in [1.82, 2.24) is 4.98 Å². The number of hydrogen-bond acceptors (Lipinski definition) is 4.